The van der Waals surface area contributed by atoms with Gasteiger partial charge in [-0.15, -0.1) is 0 Å². The van der Waals surface area contributed by atoms with Gasteiger partial charge in [0.05, 0.1) is 28.3 Å². The van der Waals surface area contributed by atoms with Gasteiger partial charge in [-0.1, -0.05) is 118 Å². The monoisotopic (exact) mass is 1300 g/mol. The SMILES string of the molecule is CCC(CC)C(=O)C(CCSC)N1C(=O)c2cc(Oc3ccc(C(C)C)cc3)c3c4c(Oc5ccc(C(C)C)cc5)cc5c6c(cc(Oc7ccc(C(C)C)cc7)c(c7c(Oc8ccc(C(C)C)cc8)cc(c2c37)C1=O)c64)C(=O)N(C(CCSC)C(=O)N(CC)CC)C5=O. The molecule has 488 valence electrons. The summed E-state index contributed by atoms with van der Waals surface area (Å²) in [5, 5.41) is 2.79. The molecule has 13 nitrogen and oxygen atoms in total. The van der Waals surface area contributed by atoms with Crippen LogP contribution >= 0.6 is 23.5 Å². The first-order chi connectivity index (χ1) is 45.2. The van der Waals surface area contributed by atoms with Crippen molar-refractivity contribution in [2.45, 2.75) is 145 Å². The number of Topliss-reactive ketones (excluding diaryl/α,β-unsaturated/α-hetero) is 1. The lowest BCUT2D eigenvalue weighted by Crippen LogP contribution is -2.54. The predicted octanol–water partition coefficient (Wildman–Crippen LogP) is 19.7. The quantitative estimate of drug-likeness (QED) is 0.0274. The zero-order valence-corrected chi connectivity index (χ0v) is 58.1. The number of rotatable bonds is 27. The first-order valence-electron chi connectivity index (χ1n) is 33.2. The van der Waals surface area contributed by atoms with E-state index in [1.807, 2.05) is 137 Å². The standard InChI is InChI=1S/C79H85N3O10S2/c1-15-47(16-2)74(83)60(35-37-93-13)81-75(84)56-39-62(89-52-27-19-48(20-28-52)43(5)6)68-70-64(91-54-31-23-50(24-32-54)45(9)10)41-58-67-59(78(87)82(77(58)86)61(36-38-94-14)79(88)80(17-3)18-4)42-65(92-55-33-25-51(26-34-55)46(11)12)71(73(67)70)69-63(40-57(76(81)85)66(56)72(68)69)90-53-29-21-49(22-30-53)44(7)8/h19-34,39-47,60-61H,15-18,35-38H2,1-14H3. The Balaban J connectivity index is 1.37. The maximum absolute atomic E-state index is 16.2. The van der Waals surface area contributed by atoms with Crippen LogP contribution in [0, 0.1) is 5.92 Å². The van der Waals surface area contributed by atoms with Gasteiger partial charge in [0.15, 0.2) is 5.78 Å². The molecule has 94 heavy (non-hydrogen) atoms. The molecule has 0 saturated heterocycles. The molecule has 0 radical (unpaired) electrons. The molecule has 9 aromatic rings. The third-order valence-electron chi connectivity index (χ3n) is 19.0. The van der Waals surface area contributed by atoms with Crippen molar-refractivity contribution in [1.29, 1.82) is 0 Å². The van der Waals surface area contributed by atoms with Crippen LogP contribution < -0.4 is 18.9 Å². The average molecular weight is 1300 g/mol. The maximum Gasteiger partial charge on any atom is 0.262 e. The first kappa shape index (κ1) is 67.0. The van der Waals surface area contributed by atoms with E-state index < -0.39 is 41.6 Å². The molecule has 2 aliphatic heterocycles. The summed E-state index contributed by atoms with van der Waals surface area (Å²) in [6, 6.07) is 35.4. The highest BCUT2D eigenvalue weighted by Crippen LogP contribution is 2.58. The Morgan fingerprint density at radius 1 is 0.394 bits per heavy atom. The topological polar surface area (TPSA) is 149 Å². The van der Waals surface area contributed by atoms with Crippen LogP contribution in [-0.2, 0) is 9.59 Å². The van der Waals surface area contributed by atoms with Gasteiger partial charge in [-0.3, -0.25) is 38.6 Å². The molecule has 0 aromatic heterocycles. The zero-order chi connectivity index (χ0) is 67.1. The highest BCUT2D eigenvalue weighted by molar-refractivity contribution is 7.98. The number of fused-ring (bicyclic) bond motifs is 2. The fraction of sp³-hybridized carbons (Fsp3) is 0.367. The smallest absolute Gasteiger partial charge is 0.262 e. The normalized spacial score (nSPS) is 13.9. The summed E-state index contributed by atoms with van der Waals surface area (Å²) in [5.41, 5.74) is 4.70. The van der Waals surface area contributed by atoms with Gasteiger partial charge in [-0.05, 0) is 182 Å². The van der Waals surface area contributed by atoms with Crippen molar-refractivity contribution in [2.75, 3.05) is 37.1 Å². The van der Waals surface area contributed by atoms with Gasteiger partial charge < -0.3 is 23.8 Å². The van der Waals surface area contributed by atoms with Gasteiger partial charge in [0.2, 0.25) is 5.91 Å². The number of nitrogens with zero attached hydrogens (tertiary/aromatic N) is 3. The average Bonchev–Trinajstić information content (AvgIpc) is 0.672. The van der Waals surface area contributed by atoms with Crippen LogP contribution in [0.15, 0.2) is 121 Å². The molecule has 2 heterocycles. The van der Waals surface area contributed by atoms with Gasteiger partial charge in [-0.2, -0.15) is 23.5 Å². The summed E-state index contributed by atoms with van der Waals surface area (Å²) >= 11 is 3.05. The summed E-state index contributed by atoms with van der Waals surface area (Å²) in [6.07, 6.45) is 5.34. The van der Waals surface area contributed by atoms with E-state index in [1.54, 1.807) is 29.2 Å². The minimum absolute atomic E-state index is 0.102. The van der Waals surface area contributed by atoms with E-state index in [2.05, 4.69) is 55.4 Å². The van der Waals surface area contributed by atoms with Crippen molar-refractivity contribution in [2.24, 2.45) is 5.92 Å². The Kier molecular flexibility index (Phi) is 19.9. The number of thioether (sulfide) groups is 2. The lowest BCUT2D eigenvalue weighted by atomic mass is 9.80. The molecule has 0 saturated carbocycles. The van der Waals surface area contributed by atoms with E-state index >= 15 is 24.0 Å². The van der Waals surface area contributed by atoms with Crippen LogP contribution in [0.1, 0.15) is 196 Å². The molecule has 0 N–H and O–H groups in total. The van der Waals surface area contributed by atoms with Crippen molar-refractivity contribution in [3.8, 4) is 46.0 Å². The second-order valence-electron chi connectivity index (χ2n) is 26.0. The predicted molar refractivity (Wildman–Crippen MR) is 382 cm³/mol. The summed E-state index contributed by atoms with van der Waals surface area (Å²) < 4.78 is 29.2. The number of hydrogen-bond acceptors (Lipinski definition) is 12. The number of benzene rings is 9. The van der Waals surface area contributed by atoms with Crippen LogP contribution in [0.25, 0.3) is 43.1 Å². The molecule has 2 aliphatic rings. The third-order valence-corrected chi connectivity index (χ3v) is 20.2. The summed E-state index contributed by atoms with van der Waals surface area (Å²) in [5.74, 6) is 0.474. The van der Waals surface area contributed by atoms with E-state index in [0.29, 0.717) is 92.8 Å². The molecule has 11 rings (SSSR count). The minimum atomic E-state index is -1.18. The molecular formula is C79H85N3O10S2. The fourth-order valence-corrected chi connectivity index (χ4v) is 14.5. The number of amides is 5. The summed E-state index contributed by atoms with van der Waals surface area (Å²) in [7, 11) is 0. The molecule has 0 bridgehead atoms. The van der Waals surface area contributed by atoms with E-state index in [9.17, 15) is 4.79 Å². The lowest BCUT2D eigenvalue weighted by molar-refractivity contribution is -0.135. The summed E-state index contributed by atoms with van der Waals surface area (Å²) in [6.45, 7) is 25.3. The van der Waals surface area contributed by atoms with Gasteiger partial charge in [-0.25, -0.2) is 0 Å². The maximum atomic E-state index is 16.2. The Hall–Kier alpha value is -8.40. The number of carbonyl (C=O) groups is 6. The van der Waals surface area contributed by atoms with E-state index in [1.165, 1.54) is 28.4 Å². The minimum Gasteiger partial charge on any atom is -0.457 e. The Labute approximate surface area is 560 Å². The molecule has 15 heteroatoms. The molecular weight excluding hydrogens is 1220 g/mol. The second-order valence-corrected chi connectivity index (χ2v) is 27.9. The van der Waals surface area contributed by atoms with Crippen LogP contribution in [0.2, 0.25) is 0 Å². The van der Waals surface area contributed by atoms with Gasteiger partial charge >= 0.3 is 0 Å². The molecule has 2 atom stereocenters. The van der Waals surface area contributed by atoms with Crippen molar-refractivity contribution in [1.82, 2.24) is 14.7 Å². The number of likely N-dealkylation sites (N-methyl/N-ethyl adjacent to an activating group) is 1. The van der Waals surface area contributed by atoms with Gasteiger partial charge in [0, 0.05) is 62.1 Å². The van der Waals surface area contributed by atoms with Crippen molar-refractivity contribution >= 4 is 102 Å². The zero-order valence-electron chi connectivity index (χ0n) is 56.5. The van der Waals surface area contributed by atoms with E-state index in [4.69, 9.17) is 18.9 Å². The van der Waals surface area contributed by atoms with Crippen LogP contribution in [-0.4, -0.2) is 99.2 Å². The number of ketones is 1. The van der Waals surface area contributed by atoms with Gasteiger partial charge in [0.1, 0.15) is 52.0 Å². The molecule has 2 unspecified atom stereocenters. The molecule has 0 spiro atoms. The largest absolute Gasteiger partial charge is 0.457 e. The number of ether oxygens (including phenoxy) is 4. The van der Waals surface area contributed by atoms with Gasteiger partial charge in [0.25, 0.3) is 23.6 Å². The molecule has 0 fully saturated rings. The Morgan fingerprint density at radius 3 is 0.904 bits per heavy atom. The Morgan fingerprint density at radius 2 is 0.660 bits per heavy atom. The molecule has 5 amide bonds. The molecule has 0 aliphatic carbocycles. The number of hydrogen-bond donors (Lipinski definition) is 0. The van der Waals surface area contributed by atoms with Crippen molar-refractivity contribution in [3.05, 3.63) is 166 Å². The second kappa shape index (κ2) is 27.9. The number of imide groups is 2. The van der Waals surface area contributed by atoms with Crippen LogP contribution in [0.5, 0.6) is 46.0 Å². The van der Waals surface area contributed by atoms with Crippen molar-refractivity contribution < 1.29 is 47.7 Å². The van der Waals surface area contributed by atoms with Crippen molar-refractivity contribution in [3.63, 3.8) is 0 Å². The highest BCUT2D eigenvalue weighted by Gasteiger charge is 2.47. The van der Waals surface area contributed by atoms with E-state index in [-0.39, 0.29) is 104 Å². The highest BCUT2D eigenvalue weighted by atomic mass is 32.2. The van der Waals surface area contributed by atoms with E-state index in [0.717, 1.165) is 27.2 Å². The van der Waals surface area contributed by atoms with Crippen LogP contribution in [0.4, 0.5) is 0 Å². The summed E-state index contributed by atoms with van der Waals surface area (Å²) in [4.78, 5) is 98.8. The lowest BCUT2D eigenvalue weighted by Gasteiger charge is -2.37. The first-order valence-corrected chi connectivity index (χ1v) is 36.0. The Bertz CT molecular complexity index is 3860. The third kappa shape index (κ3) is 12.3. The fourth-order valence-electron chi connectivity index (χ4n) is 13.6. The number of carbonyl (C=O) groups excluding carboxylic acids is 6. The molecule has 9 aromatic carbocycles. The van der Waals surface area contributed by atoms with Crippen LogP contribution in [0.3, 0.4) is 0 Å².